The molecular weight excluding hydrogens is 731 g/mol. The Morgan fingerprint density at radius 1 is 1.05 bits per heavy atom. The fraction of sp³-hybridized carbons (Fsp3) is 0.462. The Morgan fingerprint density at radius 2 is 1.86 bits per heavy atom. The fourth-order valence-electron chi connectivity index (χ4n) is 8.49. The molecule has 3 amide bonds. The van der Waals surface area contributed by atoms with Crippen molar-refractivity contribution in [1.29, 1.82) is 0 Å². The van der Waals surface area contributed by atoms with Gasteiger partial charge in [0.1, 0.15) is 34.5 Å². The monoisotopic (exact) mass is 779 g/mol. The molecular formula is C39H42F3N9O5. The van der Waals surface area contributed by atoms with E-state index in [1.807, 2.05) is 10.9 Å². The van der Waals surface area contributed by atoms with Crippen molar-refractivity contribution in [3.63, 3.8) is 0 Å². The van der Waals surface area contributed by atoms with Crippen molar-refractivity contribution in [1.82, 2.24) is 39.1 Å². The number of benzene rings is 1. The normalized spacial score (nSPS) is 23.4. The number of carbonyl (C=O) groups excluding carboxylic acids is 3. The number of fused-ring (bicyclic) bond motifs is 2. The summed E-state index contributed by atoms with van der Waals surface area (Å²) in [6, 6.07) is 6.45. The Morgan fingerprint density at radius 3 is 2.59 bits per heavy atom. The average molecular weight is 780 g/mol. The van der Waals surface area contributed by atoms with E-state index in [1.54, 1.807) is 6.07 Å². The molecule has 1 atom stereocenters. The highest BCUT2D eigenvalue weighted by Crippen LogP contribution is 2.41. The number of pyridine rings is 2. The highest BCUT2D eigenvalue weighted by atomic mass is 19.4. The number of likely N-dealkylation sites (tertiary alicyclic amines) is 1. The van der Waals surface area contributed by atoms with E-state index >= 15 is 0 Å². The van der Waals surface area contributed by atoms with Crippen LogP contribution >= 0.6 is 0 Å². The number of aromatic nitrogens is 6. The Kier molecular flexibility index (Phi) is 8.10. The van der Waals surface area contributed by atoms with Crippen molar-refractivity contribution in [2.75, 3.05) is 32.0 Å². The molecule has 0 spiro atoms. The van der Waals surface area contributed by atoms with Gasteiger partial charge in [0.15, 0.2) is 0 Å². The third-order valence-corrected chi connectivity index (χ3v) is 11.3. The van der Waals surface area contributed by atoms with E-state index in [2.05, 4.69) is 25.5 Å². The standard InChI is InChI=1S/C39H42F3N9O5/c1-48-35-28(51(38(48)55)29-11-13-33(52)46-37(29)54)10-12-30(56-2)34(35)23-14-16-49(17-15-23)20-22-6-8-25(9-7-22)50-21-24-18-32(43-19-27(24)47-50)45-36(53)26-4-3-5-31(44-26)39(40,41)42/h3-5,10,12,18-19,21-23,25,29H,6-9,11,13-17,20H2,1-2H3,(H,45,53)(H,46,52,54)/i1D3,2D3. The number of nitrogens with zero attached hydrogens (tertiary/aromatic N) is 7. The number of methoxy groups -OCH3 is 1. The number of amides is 3. The summed E-state index contributed by atoms with van der Waals surface area (Å²) in [7, 11) is -2.88. The van der Waals surface area contributed by atoms with Gasteiger partial charge in [-0.05, 0) is 100 Å². The predicted octanol–water partition coefficient (Wildman–Crippen LogP) is 5.35. The summed E-state index contributed by atoms with van der Waals surface area (Å²) in [6.45, 7) is -0.964. The number of rotatable bonds is 8. The maximum Gasteiger partial charge on any atom is 0.433 e. The zero-order valence-electron chi connectivity index (χ0n) is 36.0. The maximum absolute atomic E-state index is 13.9. The van der Waals surface area contributed by atoms with Crippen LogP contribution in [-0.2, 0) is 22.7 Å². The molecule has 5 aromatic rings. The number of nitrogens with one attached hydrogen (secondary N) is 2. The second kappa shape index (κ2) is 14.8. The Balaban J connectivity index is 0.934. The molecule has 2 aliphatic heterocycles. The number of imide groups is 1. The van der Waals surface area contributed by atoms with Crippen LogP contribution in [0.25, 0.3) is 21.9 Å². The maximum atomic E-state index is 13.9. The zero-order valence-corrected chi connectivity index (χ0v) is 30.0. The molecule has 0 radical (unpaired) electrons. The molecule has 0 bridgehead atoms. The number of piperidine rings is 2. The number of carbonyl (C=O) groups is 3. The van der Waals surface area contributed by atoms with E-state index in [0.29, 0.717) is 47.3 Å². The number of hydrogen-bond acceptors (Lipinski definition) is 9. The van der Waals surface area contributed by atoms with E-state index in [4.69, 9.17) is 18.1 Å². The number of aryl methyl sites for hydroxylation is 1. The van der Waals surface area contributed by atoms with E-state index in [9.17, 15) is 32.3 Å². The van der Waals surface area contributed by atoms with E-state index in [-0.39, 0.29) is 53.0 Å². The Hall–Kier alpha value is -5.58. The number of imidazole rings is 1. The van der Waals surface area contributed by atoms with Crippen molar-refractivity contribution < 1.29 is 40.5 Å². The summed E-state index contributed by atoms with van der Waals surface area (Å²) in [6.07, 6.45) is 3.15. The van der Waals surface area contributed by atoms with Crippen LogP contribution in [0.15, 0.2) is 53.6 Å². The number of halogens is 3. The smallest absolute Gasteiger partial charge is 0.433 e. The summed E-state index contributed by atoms with van der Waals surface area (Å²) >= 11 is 0. The second-order valence-corrected chi connectivity index (χ2v) is 14.7. The lowest BCUT2D eigenvalue weighted by Gasteiger charge is -2.37. The van der Waals surface area contributed by atoms with Gasteiger partial charge in [-0.1, -0.05) is 6.07 Å². The highest BCUT2D eigenvalue weighted by Gasteiger charge is 2.35. The lowest BCUT2D eigenvalue weighted by molar-refractivity contribution is -0.141. The van der Waals surface area contributed by atoms with Crippen LogP contribution in [0.1, 0.15) is 99.3 Å². The zero-order chi connectivity index (χ0) is 44.3. The average Bonchev–Trinajstić information content (AvgIpc) is 3.76. The van der Waals surface area contributed by atoms with Gasteiger partial charge < -0.3 is 15.0 Å². The minimum atomic E-state index is -4.69. The number of alkyl halides is 3. The minimum absolute atomic E-state index is 0.0124. The van der Waals surface area contributed by atoms with Crippen molar-refractivity contribution in [3.8, 4) is 5.75 Å². The van der Waals surface area contributed by atoms with Crippen molar-refractivity contribution >= 4 is 45.5 Å². The van der Waals surface area contributed by atoms with Crippen molar-refractivity contribution in [2.45, 2.75) is 75.5 Å². The molecule has 4 aromatic heterocycles. The summed E-state index contributed by atoms with van der Waals surface area (Å²) in [5, 5.41) is 10.1. The summed E-state index contributed by atoms with van der Waals surface area (Å²) in [5.41, 5.74) is -1.56. The van der Waals surface area contributed by atoms with Gasteiger partial charge in [-0.25, -0.2) is 14.8 Å². The first-order chi connectivity index (χ1) is 29.2. The molecule has 2 saturated heterocycles. The molecule has 3 fully saturated rings. The van der Waals surface area contributed by atoms with Gasteiger partial charge in [-0.3, -0.25) is 33.5 Å². The first-order valence-corrected chi connectivity index (χ1v) is 18.5. The lowest BCUT2D eigenvalue weighted by Crippen LogP contribution is -2.44. The van der Waals surface area contributed by atoms with E-state index in [0.717, 1.165) is 48.9 Å². The van der Waals surface area contributed by atoms with Gasteiger partial charge in [0.25, 0.3) is 5.91 Å². The molecule has 1 unspecified atom stereocenters. The quantitative estimate of drug-likeness (QED) is 0.198. The Bertz CT molecular complexity index is 2610. The number of ether oxygens (including phenoxy) is 1. The molecule has 6 heterocycles. The molecule has 1 aromatic carbocycles. The van der Waals surface area contributed by atoms with Crippen LogP contribution in [0.2, 0.25) is 0 Å². The van der Waals surface area contributed by atoms with Crippen LogP contribution in [0, 0.1) is 5.92 Å². The van der Waals surface area contributed by atoms with Gasteiger partial charge in [-0.15, -0.1) is 0 Å². The first-order valence-electron chi connectivity index (χ1n) is 21.5. The molecule has 1 saturated carbocycles. The number of anilines is 1. The van der Waals surface area contributed by atoms with E-state index < -0.39 is 61.0 Å². The Labute approximate surface area is 327 Å². The van der Waals surface area contributed by atoms with Gasteiger partial charge in [0.2, 0.25) is 11.8 Å². The minimum Gasteiger partial charge on any atom is -0.496 e. The summed E-state index contributed by atoms with van der Waals surface area (Å²) in [4.78, 5) is 61.5. The third-order valence-electron chi connectivity index (χ3n) is 11.3. The lowest BCUT2D eigenvalue weighted by atomic mass is 9.84. The highest BCUT2D eigenvalue weighted by molar-refractivity contribution is 6.03. The van der Waals surface area contributed by atoms with Crippen LogP contribution < -0.4 is 21.1 Å². The molecule has 2 N–H and O–H groups in total. The van der Waals surface area contributed by atoms with Crippen LogP contribution in [0.4, 0.5) is 19.0 Å². The second-order valence-electron chi connectivity index (χ2n) is 14.7. The summed E-state index contributed by atoms with van der Waals surface area (Å²) in [5.74, 6) is -1.99. The molecule has 1 aliphatic carbocycles. The van der Waals surface area contributed by atoms with E-state index in [1.165, 1.54) is 24.4 Å². The molecule has 8 rings (SSSR count). The van der Waals surface area contributed by atoms with Gasteiger partial charge in [0.05, 0.1) is 34.4 Å². The SMILES string of the molecule is [2H]C([2H])([2H])Oc1ccc2c(c1C1CCN(CC3CCC(n4cc5cc(NC(=O)c6cccc(C(F)(F)F)n6)ncc5n4)CC3)CC1)n(C([2H])([2H])[2H])c(=O)n2C1CCC(=O)NC1=O. The fourth-order valence-corrected chi connectivity index (χ4v) is 8.49. The van der Waals surface area contributed by atoms with Gasteiger partial charge in [-0.2, -0.15) is 18.3 Å². The topological polar surface area (TPSA) is 158 Å². The largest absolute Gasteiger partial charge is 0.496 e. The van der Waals surface area contributed by atoms with Gasteiger partial charge >= 0.3 is 11.9 Å². The third kappa shape index (κ3) is 7.15. The van der Waals surface area contributed by atoms with Crippen LogP contribution in [0.5, 0.6) is 5.75 Å². The molecule has 294 valence electrons. The van der Waals surface area contributed by atoms with Gasteiger partial charge in [0, 0.05) is 41.2 Å². The van der Waals surface area contributed by atoms with Crippen molar-refractivity contribution in [2.24, 2.45) is 12.9 Å². The van der Waals surface area contributed by atoms with Crippen LogP contribution in [-0.4, -0.2) is 78.2 Å². The molecule has 14 nitrogen and oxygen atoms in total. The molecule has 3 aliphatic rings. The summed E-state index contributed by atoms with van der Waals surface area (Å²) < 4.78 is 96.9. The van der Waals surface area contributed by atoms with Crippen LogP contribution in [0.3, 0.4) is 0 Å². The number of hydrogen-bond donors (Lipinski definition) is 2. The molecule has 17 heteroatoms. The first kappa shape index (κ1) is 30.6. The van der Waals surface area contributed by atoms with Crippen molar-refractivity contribution in [3.05, 3.63) is 76.2 Å². The molecule has 56 heavy (non-hydrogen) atoms. The predicted molar refractivity (Wildman–Crippen MR) is 199 cm³/mol.